The molecule has 1 aromatic carbocycles. The topological polar surface area (TPSA) is 35.2 Å². The number of anilines is 1. The Bertz CT molecular complexity index is 473. The number of ether oxygens (including phenoxy) is 1. The third kappa shape index (κ3) is 2.19. The molecular weight excluding hydrogens is 218 g/mol. The van der Waals surface area contributed by atoms with Crippen molar-refractivity contribution in [3.05, 3.63) is 35.2 Å². The fraction of sp³-hybridized carbons (Fsp3) is 0.231. The number of hydrogen-bond donors (Lipinski definition) is 1. The van der Waals surface area contributed by atoms with Crippen LogP contribution in [0.4, 0.5) is 5.00 Å². The Morgan fingerprint density at radius 2 is 1.94 bits per heavy atom. The van der Waals surface area contributed by atoms with Crippen molar-refractivity contribution in [2.24, 2.45) is 0 Å². The molecule has 0 unspecified atom stereocenters. The van der Waals surface area contributed by atoms with Gasteiger partial charge in [-0.2, -0.15) is 0 Å². The zero-order valence-electron chi connectivity index (χ0n) is 9.49. The highest BCUT2D eigenvalue weighted by Gasteiger charge is 2.05. The van der Waals surface area contributed by atoms with Gasteiger partial charge in [-0.1, -0.05) is 12.1 Å². The molecule has 0 spiro atoms. The minimum absolute atomic E-state index is 0.698. The largest absolute Gasteiger partial charge is 0.494 e. The first-order chi connectivity index (χ1) is 7.70. The Kier molecular flexibility index (Phi) is 3.15. The van der Waals surface area contributed by atoms with Gasteiger partial charge in [0.1, 0.15) is 5.75 Å². The maximum absolute atomic E-state index is 5.79. The summed E-state index contributed by atoms with van der Waals surface area (Å²) in [5.41, 5.74) is 8.19. The van der Waals surface area contributed by atoms with E-state index in [0.717, 1.165) is 10.8 Å². The first-order valence-corrected chi connectivity index (χ1v) is 6.11. The number of nitrogen functional groups attached to an aromatic ring is 1. The van der Waals surface area contributed by atoms with E-state index >= 15 is 0 Å². The van der Waals surface area contributed by atoms with Gasteiger partial charge in [-0.05, 0) is 43.2 Å². The maximum Gasteiger partial charge on any atom is 0.119 e. The molecule has 1 heterocycles. The number of thiophene rings is 1. The summed E-state index contributed by atoms with van der Waals surface area (Å²) < 4.78 is 5.41. The first kappa shape index (κ1) is 11.0. The van der Waals surface area contributed by atoms with E-state index in [1.54, 1.807) is 11.3 Å². The van der Waals surface area contributed by atoms with Crippen molar-refractivity contribution >= 4 is 16.3 Å². The van der Waals surface area contributed by atoms with Crippen LogP contribution in [0.5, 0.6) is 5.75 Å². The van der Waals surface area contributed by atoms with Crippen LogP contribution >= 0.6 is 11.3 Å². The molecule has 0 atom stereocenters. The Labute approximate surface area is 99.7 Å². The van der Waals surface area contributed by atoms with E-state index in [0.29, 0.717) is 6.61 Å². The fourth-order valence-corrected chi connectivity index (χ4v) is 2.51. The SMILES string of the molecule is CCOc1ccc(-c2cc(N)sc2C)cc1. The Balaban J connectivity index is 2.31. The molecule has 2 aromatic rings. The van der Waals surface area contributed by atoms with Gasteiger partial charge in [0.2, 0.25) is 0 Å². The molecule has 2 nitrogen and oxygen atoms in total. The van der Waals surface area contributed by atoms with E-state index in [1.165, 1.54) is 16.0 Å². The highest BCUT2D eigenvalue weighted by Crippen LogP contribution is 2.33. The van der Waals surface area contributed by atoms with Crippen molar-refractivity contribution in [2.75, 3.05) is 12.3 Å². The summed E-state index contributed by atoms with van der Waals surface area (Å²) in [6.07, 6.45) is 0. The van der Waals surface area contributed by atoms with Crippen molar-refractivity contribution in [3.63, 3.8) is 0 Å². The summed E-state index contributed by atoms with van der Waals surface area (Å²) in [4.78, 5) is 1.25. The van der Waals surface area contributed by atoms with Gasteiger partial charge in [-0.15, -0.1) is 11.3 Å². The summed E-state index contributed by atoms with van der Waals surface area (Å²) in [6.45, 7) is 4.77. The normalized spacial score (nSPS) is 10.4. The quantitative estimate of drug-likeness (QED) is 0.877. The monoisotopic (exact) mass is 233 g/mol. The molecule has 2 N–H and O–H groups in total. The number of hydrogen-bond acceptors (Lipinski definition) is 3. The van der Waals surface area contributed by atoms with Crippen LogP contribution in [0.25, 0.3) is 11.1 Å². The summed E-state index contributed by atoms with van der Waals surface area (Å²) in [7, 11) is 0. The minimum Gasteiger partial charge on any atom is -0.494 e. The predicted molar refractivity (Wildman–Crippen MR) is 70.1 cm³/mol. The van der Waals surface area contributed by atoms with Gasteiger partial charge < -0.3 is 10.5 Å². The van der Waals surface area contributed by atoms with Crippen LogP contribution in [-0.4, -0.2) is 6.61 Å². The van der Waals surface area contributed by atoms with Gasteiger partial charge in [0.05, 0.1) is 11.6 Å². The van der Waals surface area contributed by atoms with Gasteiger partial charge >= 0.3 is 0 Å². The van der Waals surface area contributed by atoms with Crippen LogP contribution in [-0.2, 0) is 0 Å². The highest BCUT2D eigenvalue weighted by molar-refractivity contribution is 7.16. The summed E-state index contributed by atoms with van der Waals surface area (Å²) in [5.74, 6) is 0.909. The Morgan fingerprint density at radius 3 is 2.44 bits per heavy atom. The fourth-order valence-electron chi connectivity index (χ4n) is 1.69. The zero-order chi connectivity index (χ0) is 11.5. The van der Waals surface area contributed by atoms with Crippen molar-refractivity contribution in [1.29, 1.82) is 0 Å². The third-order valence-corrected chi connectivity index (χ3v) is 3.29. The molecule has 0 radical (unpaired) electrons. The molecule has 3 heteroatoms. The van der Waals surface area contributed by atoms with Gasteiger partial charge in [-0.25, -0.2) is 0 Å². The van der Waals surface area contributed by atoms with E-state index in [9.17, 15) is 0 Å². The maximum atomic E-state index is 5.79. The van der Waals surface area contributed by atoms with Crippen molar-refractivity contribution in [1.82, 2.24) is 0 Å². The second-order valence-electron chi connectivity index (χ2n) is 3.58. The molecule has 0 aliphatic carbocycles. The van der Waals surface area contributed by atoms with E-state index < -0.39 is 0 Å². The second kappa shape index (κ2) is 4.58. The molecule has 0 fully saturated rings. The van der Waals surface area contributed by atoms with Crippen LogP contribution < -0.4 is 10.5 Å². The second-order valence-corrected chi connectivity index (χ2v) is 4.86. The molecule has 84 valence electrons. The molecule has 0 saturated heterocycles. The summed E-state index contributed by atoms with van der Waals surface area (Å²) >= 11 is 1.63. The van der Waals surface area contributed by atoms with E-state index in [1.807, 2.05) is 25.1 Å². The molecule has 2 rings (SSSR count). The highest BCUT2D eigenvalue weighted by atomic mass is 32.1. The summed E-state index contributed by atoms with van der Waals surface area (Å²) in [6, 6.07) is 10.1. The van der Waals surface area contributed by atoms with Gasteiger partial charge in [0.25, 0.3) is 0 Å². The van der Waals surface area contributed by atoms with Crippen molar-refractivity contribution < 1.29 is 4.74 Å². The lowest BCUT2D eigenvalue weighted by atomic mass is 10.1. The van der Waals surface area contributed by atoms with Crippen LogP contribution in [0, 0.1) is 6.92 Å². The van der Waals surface area contributed by atoms with Gasteiger partial charge in [0.15, 0.2) is 0 Å². The number of nitrogens with two attached hydrogens (primary N) is 1. The number of aryl methyl sites for hydroxylation is 1. The molecule has 1 aromatic heterocycles. The van der Waals surface area contributed by atoms with E-state index in [-0.39, 0.29) is 0 Å². The predicted octanol–water partition coefficient (Wildman–Crippen LogP) is 3.70. The lowest BCUT2D eigenvalue weighted by Gasteiger charge is -2.04. The third-order valence-electron chi connectivity index (χ3n) is 2.41. The number of benzene rings is 1. The molecule has 0 saturated carbocycles. The van der Waals surface area contributed by atoms with Crippen LogP contribution in [0.1, 0.15) is 11.8 Å². The molecule has 0 aliphatic rings. The Hall–Kier alpha value is -1.48. The Morgan fingerprint density at radius 1 is 1.25 bits per heavy atom. The standard InChI is InChI=1S/C13H15NOS/c1-3-15-11-6-4-10(5-7-11)12-8-13(14)16-9(12)2/h4-8H,3,14H2,1-2H3. The van der Waals surface area contributed by atoms with Gasteiger partial charge in [-0.3, -0.25) is 0 Å². The lowest BCUT2D eigenvalue weighted by molar-refractivity contribution is 0.340. The first-order valence-electron chi connectivity index (χ1n) is 5.30. The average Bonchev–Trinajstić information content (AvgIpc) is 2.59. The van der Waals surface area contributed by atoms with Crippen molar-refractivity contribution in [3.8, 4) is 16.9 Å². The average molecular weight is 233 g/mol. The molecular formula is C13H15NOS. The smallest absolute Gasteiger partial charge is 0.119 e. The molecule has 0 aliphatic heterocycles. The lowest BCUT2D eigenvalue weighted by Crippen LogP contribution is -1.90. The van der Waals surface area contributed by atoms with Crippen LogP contribution in [0.2, 0.25) is 0 Å². The summed E-state index contributed by atoms with van der Waals surface area (Å²) in [5, 5.41) is 0.862. The molecule has 16 heavy (non-hydrogen) atoms. The van der Waals surface area contributed by atoms with Crippen molar-refractivity contribution in [2.45, 2.75) is 13.8 Å². The van der Waals surface area contributed by atoms with E-state index in [2.05, 4.69) is 19.1 Å². The van der Waals surface area contributed by atoms with Crippen LogP contribution in [0.15, 0.2) is 30.3 Å². The van der Waals surface area contributed by atoms with Gasteiger partial charge in [0, 0.05) is 4.88 Å². The molecule has 0 bridgehead atoms. The zero-order valence-corrected chi connectivity index (χ0v) is 10.3. The van der Waals surface area contributed by atoms with E-state index in [4.69, 9.17) is 10.5 Å². The van der Waals surface area contributed by atoms with Crippen LogP contribution in [0.3, 0.4) is 0 Å². The minimum atomic E-state index is 0.698. The molecule has 0 amide bonds. The number of rotatable bonds is 3.